The molecule has 1 saturated carbocycles. The largest absolute Gasteiger partial charge is 0.352 e. The summed E-state index contributed by atoms with van der Waals surface area (Å²) in [5.74, 6) is -0.577. The van der Waals surface area contributed by atoms with Gasteiger partial charge in [-0.3, -0.25) is 13.9 Å². The fraction of sp³-hybridized carbons (Fsp3) is 0.412. The summed E-state index contributed by atoms with van der Waals surface area (Å²) in [5.41, 5.74) is 3.20. The van der Waals surface area contributed by atoms with Gasteiger partial charge in [0.15, 0.2) is 0 Å². The average molecular weight is 590 g/mol. The molecule has 0 saturated heterocycles. The fourth-order valence-corrected chi connectivity index (χ4v) is 7.17. The van der Waals surface area contributed by atoms with Crippen molar-refractivity contribution in [3.05, 3.63) is 95.6 Å². The van der Waals surface area contributed by atoms with Crippen molar-refractivity contribution < 1.29 is 18.0 Å². The Morgan fingerprint density at radius 2 is 1.52 bits per heavy atom. The normalized spacial score (nSPS) is 14.6. The van der Waals surface area contributed by atoms with Crippen molar-refractivity contribution in [1.82, 2.24) is 10.2 Å². The number of hydrogen-bond donors (Lipinski definition) is 1. The van der Waals surface area contributed by atoms with E-state index < -0.39 is 28.5 Å². The molecule has 0 radical (unpaired) electrons. The number of carbonyl (C=O) groups excluding carboxylic acids is 2. The summed E-state index contributed by atoms with van der Waals surface area (Å²) in [6.45, 7) is 5.57. The van der Waals surface area contributed by atoms with Gasteiger partial charge in [-0.1, -0.05) is 86.8 Å². The van der Waals surface area contributed by atoms with Crippen LogP contribution in [-0.2, 0) is 26.0 Å². The Kier molecular flexibility index (Phi) is 10.8. The lowest BCUT2D eigenvalue weighted by atomic mass is 9.95. The zero-order valence-corrected chi connectivity index (χ0v) is 25.8. The van der Waals surface area contributed by atoms with Crippen LogP contribution in [0.5, 0.6) is 0 Å². The highest BCUT2D eigenvalue weighted by Crippen LogP contribution is 2.29. The monoisotopic (exact) mass is 589 g/mol. The minimum atomic E-state index is -4.08. The Balaban J connectivity index is 1.69. The van der Waals surface area contributed by atoms with Gasteiger partial charge in [0.05, 0.1) is 10.6 Å². The Bertz CT molecular complexity index is 1440. The SMILES string of the molecule is CC[C@H](C(=O)NC1CCCCC1)N(CCc1ccccc1)C(=O)CN(c1cccc(C)c1C)S(=O)(=O)c1ccccc1. The molecule has 0 aliphatic heterocycles. The van der Waals surface area contributed by atoms with Crippen molar-refractivity contribution in [2.24, 2.45) is 0 Å². The van der Waals surface area contributed by atoms with E-state index in [-0.39, 0.29) is 16.8 Å². The van der Waals surface area contributed by atoms with Gasteiger partial charge >= 0.3 is 0 Å². The van der Waals surface area contributed by atoms with Crippen LogP contribution in [-0.4, -0.2) is 50.3 Å². The van der Waals surface area contributed by atoms with E-state index in [1.165, 1.54) is 22.9 Å². The lowest BCUT2D eigenvalue weighted by molar-refractivity contribution is -0.140. The molecule has 0 aromatic heterocycles. The van der Waals surface area contributed by atoms with E-state index in [0.717, 1.165) is 42.4 Å². The molecule has 224 valence electrons. The van der Waals surface area contributed by atoms with Crippen LogP contribution < -0.4 is 9.62 Å². The van der Waals surface area contributed by atoms with Crippen LogP contribution in [0.4, 0.5) is 5.69 Å². The van der Waals surface area contributed by atoms with Gasteiger partial charge in [-0.15, -0.1) is 0 Å². The minimum Gasteiger partial charge on any atom is -0.352 e. The zero-order valence-electron chi connectivity index (χ0n) is 25.0. The average Bonchev–Trinajstić information content (AvgIpc) is 3.00. The van der Waals surface area contributed by atoms with Gasteiger partial charge in [0.1, 0.15) is 12.6 Å². The number of rotatable bonds is 12. The minimum absolute atomic E-state index is 0.108. The van der Waals surface area contributed by atoms with Crippen molar-refractivity contribution in [3.63, 3.8) is 0 Å². The lowest BCUT2D eigenvalue weighted by Crippen LogP contribution is -2.54. The summed E-state index contributed by atoms with van der Waals surface area (Å²) in [4.78, 5) is 29.6. The highest BCUT2D eigenvalue weighted by Gasteiger charge is 2.34. The van der Waals surface area contributed by atoms with E-state index in [4.69, 9.17) is 0 Å². The first-order chi connectivity index (χ1) is 20.2. The Morgan fingerprint density at radius 1 is 0.881 bits per heavy atom. The fourth-order valence-electron chi connectivity index (χ4n) is 5.68. The van der Waals surface area contributed by atoms with Crippen LogP contribution in [0.25, 0.3) is 0 Å². The second-order valence-electron chi connectivity index (χ2n) is 11.1. The molecule has 2 amide bonds. The zero-order chi connectivity index (χ0) is 30.1. The van der Waals surface area contributed by atoms with Crippen LogP contribution in [0.2, 0.25) is 0 Å². The third-order valence-electron chi connectivity index (χ3n) is 8.28. The molecule has 4 rings (SSSR count). The van der Waals surface area contributed by atoms with Gasteiger partial charge in [0.2, 0.25) is 11.8 Å². The molecule has 1 N–H and O–H groups in total. The number of anilines is 1. The molecule has 0 heterocycles. The third kappa shape index (κ3) is 7.59. The highest BCUT2D eigenvalue weighted by atomic mass is 32.2. The number of carbonyl (C=O) groups is 2. The molecule has 1 atom stereocenters. The van der Waals surface area contributed by atoms with Gasteiger partial charge in [-0.25, -0.2) is 8.42 Å². The van der Waals surface area contributed by atoms with Crippen LogP contribution in [0.15, 0.2) is 83.8 Å². The maximum absolute atomic E-state index is 14.3. The van der Waals surface area contributed by atoms with Crippen molar-refractivity contribution >= 4 is 27.5 Å². The highest BCUT2D eigenvalue weighted by molar-refractivity contribution is 7.92. The van der Waals surface area contributed by atoms with E-state index in [1.807, 2.05) is 57.2 Å². The topological polar surface area (TPSA) is 86.8 Å². The maximum atomic E-state index is 14.3. The molecule has 0 unspecified atom stereocenters. The van der Waals surface area contributed by atoms with E-state index in [0.29, 0.717) is 25.1 Å². The van der Waals surface area contributed by atoms with Crippen molar-refractivity contribution in [1.29, 1.82) is 0 Å². The van der Waals surface area contributed by atoms with Gasteiger partial charge in [0.25, 0.3) is 10.0 Å². The van der Waals surface area contributed by atoms with Crippen molar-refractivity contribution in [2.75, 3.05) is 17.4 Å². The second kappa shape index (κ2) is 14.5. The quantitative estimate of drug-likeness (QED) is 0.289. The molecule has 3 aromatic rings. The molecule has 1 aliphatic rings. The van der Waals surface area contributed by atoms with Gasteiger partial charge in [-0.05, 0) is 74.4 Å². The summed E-state index contributed by atoms with van der Waals surface area (Å²) in [6, 6.07) is 22.9. The van der Waals surface area contributed by atoms with Crippen LogP contribution in [0, 0.1) is 13.8 Å². The van der Waals surface area contributed by atoms with Gasteiger partial charge < -0.3 is 10.2 Å². The standard InChI is InChI=1S/C34H43N3O4S/c1-4-31(34(39)35-29-18-10-6-11-19-29)36(24-23-28-16-8-5-9-17-28)33(38)25-37(32-22-14-15-26(2)27(32)3)42(40,41)30-20-12-7-13-21-30/h5,7-9,12-17,20-22,29,31H,4,6,10-11,18-19,23-25H2,1-3H3,(H,35,39)/t31-/m1/s1. The van der Waals surface area contributed by atoms with Crippen molar-refractivity contribution in [2.45, 2.75) is 82.7 Å². The molecule has 1 aliphatic carbocycles. The summed E-state index contributed by atoms with van der Waals surface area (Å²) in [7, 11) is -4.08. The molecule has 42 heavy (non-hydrogen) atoms. The van der Waals surface area contributed by atoms with Crippen LogP contribution in [0.3, 0.4) is 0 Å². The smallest absolute Gasteiger partial charge is 0.264 e. The number of nitrogens with one attached hydrogen (secondary N) is 1. The molecule has 0 bridgehead atoms. The first kappa shape index (κ1) is 31.3. The van der Waals surface area contributed by atoms with Crippen LogP contribution >= 0.6 is 0 Å². The number of sulfonamides is 1. The van der Waals surface area contributed by atoms with E-state index in [9.17, 15) is 18.0 Å². The van der Waals surface area contributed by atoms with E-state index >= 15 is 0 Å². The second-order valence-corrected chi connectivity index (χ2v) is 13.0. The molecule has 0 spiro atoms. The summed E-state index contributed by atoms with van der Waals surface area (Å²) < 4.78 is 29.3. The van der Waals surface area contributed by atoms with Gasteiger partial charge in [-0.2, -0.15) is 0 Å². The van der Waals surface area contributed by atoms with Gasteiger partial charge in [0, 0.05) is 12.6 Å². The number of nitrogens with zero attached hydrogens (tertiary/aromatic N) is 2. The Morgan fingerprint density at radius 3 is 2.17 bits per heavy atom. The molecule has 7 nitrogen and oxygen atoms in total. The molecular formula is C34H43N3O4S. The first-order valence-corrected chi connectivity index (χ1v) is 16.4. The summed E-state index contributed by atoms with van der Waals surface area (Å²) in [5, 5.41) is 3.20. The molecule has 1 fully saturated rings. The summed E-state index contributed by atoms with van der Waals surface area (Å²) >= 11 is 0. The number of benzene rings is 3. The Hall–Kier alpha value is -3.65. The summed E-state index contributed by atoms with van der Waals surface area (Å²) in [6.07, 6.45) is 6.20. The molecular weight excluding hydrogens is 546 g/mol. The number of aryl methyl sites for hydroxylation is 1. The molecule has 8 heteroatoms. The van der Waals surface area contributed by atoms with Crippen LogP contribution in [0.1, 0.15) is 62.1 Å². The van der Waals surface area contributed by atoms with E-state index in [1.54, 1.807) is 35.2 Å². The Labute approximate surface area is 251 Å². The third-order valence-corrected chi connectivity index (χ3v) is 10.1. The first-order valence-electron chi connectivity index (χ1n) is 15.0. The predicted molar refractivity (Wildman–Crippen MR) is 168 cm³/mol. The predicted octanol–water partition coefficient (Wildman–Crippen LogP) is 5.80. The maximum Gasteiger partial charge on any atom is 0.264 e. The van der Waals surface area contributed by atoms with Crippen molar-refractivity contribution in [3.8, 4) is 0 Å². The van der Waals surface area contributed by atoms with E-state index in [2.05, 4.69) is 5.32 Å². The molecule has 3 aromatic carbocycles. The number of hydrogen-bond acceptors (Lipinski definition) is 4. The number of amides is 2. The lowest BCUT2D eigenvalue weighted by Gasteiger charge is -2.35.